The largest absolute Gasteiger partial charge is 0.380 e. The van der Waals surface area contributed by atoms with Crippen LogP contribution in [0.25, 0.3) is 0 Å². The van der Waals surface area contributed by atoms with Crippen molar-refractivity contribution in [3.8, 4) is 6.07 Å². The third-order valence-corrected chi connectivity index (χ3v) is 4.14. The second-order valence-corrected chi connectivity index (χ2v) is 5.74. The van der Waals surface area contributed by atoms with Crippen LogP contribution in [0.4, 0.5) is 5.69 Å². The van der Waals surface area contributed by atoms with Crippen molar-refractivity contribution in [3.05, 3.63) is 58.1 Å². The fraction of sp³-hybridized carbons (Fsp3) is 0.133. The summed E-state index contributed by atoms with van der Waals surface area (Å²) in [6.45, 7) is 0.763. The first-order valence-corrected chi connectivity index (χ1v) is 7.81. The summed E-state index contributed by atoms with van der Waals surface area (Å²) < 4.78 is 0.910. The zero-order valence-electron chi connectivity index (χ0n) is 10.5. The first-order valence-electron chi connectivity index (χ1n) is 5.79. The summed E-state index contributed by atoms with van der Waals surface area (Å²) in [7, 11) is 0. The fourth-order valence-corrected chi connectivity index (χ4v) is 2.60. The van der Waals surface area contributed by atoms with Crippen molar-refractivity contribution in [1.29, 1.82) is 5.26 Å². The Balaban J connectivity index is 2.04. The van der Waals surface area contributed by atoms with E-state index in [1.165, 1.54) is 10.5 Å². The molecule has 0 unspecified atom stereocenters. The highest BCUT2D eigenvalue weighted by Gasteiger charge is 2.01. The number of nitrogens with zero attached hydrogens (tertiary/aromatic N) is 1. The minimum atomic E-state index is 0.654. The van der Waals surface area contributed by atoms with E-state index in [-0.39, 0.29) is 0 Å². The van der Waals surface area contributed by atoms with Crippen molar-refractivity contribution in [2.24, 2.45) is 0 Å². The molecule has 0 aliphatic heterocycles. The molecule has 2 aromatic carbocycles. The van der Waals surface area contributed by atoms with Gasteiger partial charge in [-0.05, 0) is 58.1 Å². The topological polar surface area (TPSA) is 35.8 Å². The van der Waals surface area contributed by atoms with E-state index in [9.17, 15) is 0 Å². The van der Waals surface area contributed by atoms with Gasteiger partial charge in [0.1, 0.15) is 0 Å². The average molecular weight is 333 g/mol. The molecule has 0 atom stereocenters. The second kappa shape index (κ2) is 6.65. The highest BCUT2D eigenvalue weighted by molar-refractivity contribution is 9.10. The monoisotopic (exact) mass is 332 g/mol. The summed E-state index contributed by atoms with van der Waals surface area (Å²) in [5.41, 5.74) is 2.88. The SMILES string of the molecule is CSc1ccc(CNc2ccc(C#N)cc2Br)cc1. The Bertz CT molecular complexity index is 603. The molecule has 0 fully saturated rings. The first-order chi connectivity index (χ1) is 9.22. The second-order valence-electron chi connectivity index (χ2n) is 4.01. The lowest BCUT2D eigenvalue weighted by atomic mass is 10.2. The standard InChI is InChI=1S/C15H13BrN2S/c1-19-13-5-2-11(3-6-13)10-18-15-7-4-12(9-17)8-14(15)16/h2-8,18H,10H2,1H3. The maximum Gasteiger partial charge on any atom is 0.0992 e. The molecule has 0 heterocycles. The van der Waals surface area contributed by atoms with Crippen LogP contribution in [0, 0.1) is 11.3 Å². The third-order valence-electron chi connectivity index (χ3n) is 2.74. The van der Waals surface area contributed by atoms with E-state index in [2.05, 4.69) is 57.8 Å². The molecule has 4 heteroatoms. The van der Waals surface area contributed by atoms with Crippen molar-refractivity contribution in [3.63, 3.8) is 0 Å². The quantitative estimate of drug-likeness (QED) is 0.827. The molecule has 96 valence electrons. The zero-order chi connectivity index (χ0) is 13.7. The molecule has 0 aliphatic rings. The molecule has 1 N–H and O–H groups in total. The van der Waals surface area contributed by atoms with Crippen molar-refractivity contribution in [1.82, 2.24) is 0 Å². The normalized spacial score (nSPS) is 9.95. The van der Waals surface area contributed by atoms with Crippen molar-refractivity contribution in [2.45, 2.75) is 11.4 Å². The van der Waals surface area contributed by atoms with Crippen LogP contribution in [0.15, 0.2) is 51.8 Å². The predicted molar refractivity (Wildman–Crippen MR) is 84.4 cm³/mol. The Morgan fingerprint density at radius 2 is 1.95 bits per heavy atom. The maximum atomic E-state index is 8.82. The van der Waals surface area contributed by atoms with Gasteiger partial charge in [0, 0.05) is 21.6 Å². The van der Waals surface area contributed by atoms with E-state index in [1.807, 2.05) is 18.2 Å². The number of hydrogen-bond acceptors (Lipinski definition) is 3. The smallest absolute Gasteiger partial charge is 0.0992 e. The number of benzene rings is 2. The van der Waals surface area contributed by atoms with Gasteiger partial charge >= 0.3 is 0 Å². The lowest BCUT2D eigenvalue weighted by Crippen LogP contribution is -2.00. The van der Waals surface area contributed by atoms with Crippen molar-refractivity contribution >= 4 is 33.4 Å². The summed E-state index contributed by atoms with van der Waals surface area (Å²) in [6, 6.07) is 16.1. The van der Waals surface area contributed by atoms with E-state index < -0.39 is 0 Å². The number of thioether (sulfide) groups is 1. The Kier molecular flexibility index (Phi) is 4.89. The van der Waals surface area contributed by atoms with Crippen LogP contribution < -0.4 is 5.32 Å². The molecule has 0 radical (unpaired) electrons. The van der Waals surface area contributed by atoms with Gasteiger partial charge in [-0.25, -0.2) is 0 Å². The highest BCUT2D eigenvalue weighted by Crippen LogP contribution is 2.24. The van der Waals surface area contributed by atoms with Gasteiger partial charge < -0.3 is 5.32 Å². The summed E-state index contributed by atoms with van der Waals surface area (Å²) in [4.78, 5) is 1.27. The number of nitriles is 1. The van der Waals surface area contributed by atoms with Gasteiger partial charge in [-0.15, -0.1) is 11.8 Å². The molecule has 0 amide bonds. The summed E-state index contributed by atoms with van der Waals surface area (Å²) in [5, 5.41) is 12.2. The van der Waals surface area contributed by atoms with Gasteiger partial charge in [-0.1, -0.05) is 12.1 Å². The van der Waals surface area contributed by atoms with Crippen LogP contribution in [-0.4, -0.2) is 6.26 Å². The molecule has 0 saturated carbocycles. The van der Waals surface area contributed by atoms with Crippen LogP contribution in [0.3, 0.4) is 0 Å². The van der Waals surface area contributed by atoms with Gasteiger partial charge in [-0.2, -0.15) is 5.26 Å². The Hall–Kier alpha value is -1.44. The molecule has 0 bridgehead atoms. The fourth-order valence-electron chi connectivity index (χ4n) is 1.67. The van der Waals surface area contributed by atoms with E-state index in [0.29, 0.717) is 5.56 Å². The third kappa shape index (κ3) is 3.76. The Labute approximate surface area is 126 Å². The molecular weight excluding hydrogens is 320 g/mol. The Morgan fingerprint density at radius 3 is 2.53 bits per heavy atom. The van der Waals surface area contributed by atoms with E-state index in [0.717, 1.165) is 16.7 Å². The van der Waals surface area contributed by atoms with Crippen molar-refractivity contribution in [2.75, 3.05) is 11.6 Å². The van der Waals surface area contributed by atoms with E-state index in [4.69, 9.17) is 5.26 Å². The minimum absolute atomic E-state index is 0.654. The summed E-state index contributed by atoms with van der Waals surface area (Å²) in [6.07, 6.45) is 2.07. The number of nitrogens with one attached hydrogen (secondary N) is 1. The molecule has 0 aliphatic carbocycles. The minimum Gasteiger partial charge on any atom is -0.380 e. The Morgan fingerprint density at radius 1 is 1.21 bits per heavy atom. The molecule has 19 heavy (non-hydrogen) atoms. The van der Waals surface area contributed by atoms with Crippen LogP contribution in [0.5, 0.6) is 0 Å². The lowest BCUT2D eigenvalue weighted by Gasteiger charge is -2.09. The van der Waals surface area contributed by atoms with Gasteiger partial charge in [0.25, 0.3) is 0 Å². The molecule has 2 rings (SSSR count). The first kappa shape index (κ1) is 14.0. The average Bonchev–Trinajstić information content (AvgIpc) is 2.46. The van der Waals surface area contributed by atoms with Crippen LogP contribution in [0.1, 0.15) is 11.1 Å². The number of rotatable bonds is 4. The summed E-state index contributed by atoms with van der Waals surface area (Å²) >= 11 is 5.21. The molecule has 0 saturated heterocycles. The van der Waals surface area contributed by atoms with Crippen LogP contribution in [-0.2, 0) is 6.54 Å². The van der Waals surface area contributed by atoms with Gasteiger partial charge in [-0.3, -0.25) is 0 Å². The van der Waals surface area contributed by atoms with Crippen LogP contribution >= 0.6 is 27.7 Å². The molecular formula is C15H13BrN2S. The maximum absolute atomic E-state index is 8.82. The summed E-state index contributed by atoms with van der Waals surface area (Å²) in [5.74, 6) is 0. The van der Waals surface area contributed by atoms with Gasteiger partial charge in [0.2, 0.25) is 0 Å². The lowest BCUT2D eigenvalue weighted by molar-refractivity contribution is 1.14. The van der Waals surface area contributed by atoms with Crippen LogP contribution in [0.2, 0.25) is 0 Å². The van der Waals surface area contributed by atoms with E-state index in [1.54, 1.807) is 11.8 Å². The van der Waals surface area contributed by atoms with E-state index >= 15 is 0 Å². The molecule has 0 aromatic heterocycles. The van der Waals surface area contributed by atoms with Gasteiger partial charge in [0.15, 0.2) is 0 Å². The molecule has 0 spiro atoms. The molecule has 2 nitrogen and oxygen atoms in total. The highest BCUT2D eigenvalue weighted by atomic mass is 79.9. The number of hydrogen-bond donors (Lipinski definition) is 1. The predicted octanol–water partition coefficient (Wildman–Crippen LogP) is 4.65. The van der Waals surface area contributed by atoms with Gasteiger partial charge in [0.05, 0.1) is 11.6 Å². The number of anilines is 1. The number of halogens is 1. The zero-order valence-corrected chi connectivity index (χ0v) is 12.9. The van der Waals surface area contributed by atoms with Crippen molar-refractivity contribution < 1.29 is 0 Å². The molecule has 2 aromatic rings.